The molecule has 2 aliphatic rings. The molecule has 0 spiro atoms. The van der Waals surface area contributed by atoms with E-state index >= 15 is 0 Å². The lowest BCUT2D eigenvalue weighted by Crippen LogP contribution is -2.48. The first-order valence-electron chi connectivity index (χ1n) is 8.83. The quantitative estimate of drug-likeness (QED) is 0.800. The van der Waals surface area contributed by atoms with Crippen LogP contribution in [0.2, 0.25) is 5.02 Å². The van der Waals surface area contributed by atoms with Gasteiger partial charge in [0.1, 0.15) is 10.6 Å². The highest BCUT2D eigenvalue weighted by atomic mass is 35.5. The zero-order chi connectivity index (χ0) is 20.1. The normalized spacial score (nSPS) is 22.5. The highest BCUT2D eigenvalue weighted by molar-refractivity contribution is 7.89. The van der Waals surface area contributed by atoms with E-state index in [1.54, 1.807) is 24.3 Å². The molecule has 1 saturated heterocycles. The average Bonchev–Trinajstić information content (AvgIpc) is 2.75. The number of morpholine rings is 1. The Morgan fingerprint density at radius 1 is 1.11 bits per heavy atom. The molecule has 0 radical (unpaired) electrons. The van der Waals surface area contributed by atoms with Gasteiger partial charge in [-0.3, -0.25) is 4.79 Å². The molecule has 7 nitrogen and oxygen atoms in total. The number of carbonyl (C=O) groups excluding carboxylic acids is 1. The number of fused-ring (bicyclic) bond motifs is 2. The summed E-state index contributed by atoms with van der Waals surface area (Å²) >= 11 is 6.32. The van der Waals surface area contributed by atoms with E-state index in [0.29, 0.717) is 11.4 Å². The Morgan fingerprint density at radius 3 is 2.50 bits per heavy atom. The SMILES string of the molecule is C[C@H]1CN(S(=O)(=O)c2cc3c(cc2Cl)Oc2ccccc2NC3=O)C[C@H](C)O1. The number of rotatable bonds is 2. The maximum atomic E-state index is 13.2. The monoisotopic (exact) mass is 422 g/mol. The number of para-hydroxylation sites is 2. The van der Waals surface area contributed by atoms with Crippen molar-refractivity contribution in [2.24, 2.45) is 0 Å². The molecule has 28 heavy (non-hydrogen) atoms. The van der Waals surface area contributed by atoms with Crippen LogP contribution in [0.15, 0.2) is 41.3 Å². The minimum atomic E-state index is -3.91. The Balaban J connectivity index is 1.77. The first kappa shape index (κ1) is 19.2. The largest absolute Gasteiger partial charge is 0.454 e. The van der Waals surface area contributed by atoms with Crippen molar-refractivity contribution >= 4 is 33.2 Å². The van der Waals surface area contributed by atoms with Crippen LogP contribution in [0.3, 0.4) is 0 Å². The van der Waals surface area contributed by atoms with Gasteiger partial charge >= 0.3 is 0 Å². The molecule has 0 aliphatic carbocycles. The molecule has 2 heterocycles. The Kier molecular flexibility index (Phi) is 4.83. The van der Waals surface area contributed by atoms with E-state index in [4.69, 9.17) is 21.1 Å². The predicted molar refractivity (Wildman–Crippen MR) is 105 cm³/mol. The van der Waals surface area contributed by atoms with Crippen LogP contribution in [0, 0.1) is 0 Å². The highest BCUT2D eigenvalue weighted by Crippen LogP contribution is 2.39. The number of anilines is 1. The predicted octanol–water partition coefficient (Wildman–Crippen LogP) is 3.50. The fraction of sp³-hybridized carbons (Fsp3) is 0.316. The van der Waals surface area contributed by atoms with Crippen molar-refractivity contribution in [1.29, 1.82) is 0 Å². The summed E-state index contributed by atoms with van der Waals surface area (Å²) in [6.07, 6.45) is -0.474. The number of nitrogens with one attached hydrogen (secondary N) is 1. The van der Waals surface area contributed by atoms with Gasteiger partial charge in [-0.1, -0.05) is 23.7 Å². The number of ether oxygens (including phenoxy) is 2. The van der Waals surface area contributed by atoms with E-state index in [0.717, 1.165) is 0 Å². The summed E-state index contributed by atoms with van der Waals surface area (Å²) in [5.41, 5.74) is 0.605. The first-order valence-corrected chi connectivity index (χ1v) is 10.6. The minimum absolute atomic E-state index is 0.00210. The molecule has 1 amide bonds. The van der Waals surface area contributed by atoms with Crippen molar-refractivity contribution in [1.82, 2.24) is 4.31 Å². The van der Waals surface area contributed by atoms with Crippen LogP contribution >= 0.6 is 11.6 Å². The molecule has 0 aromatic heterocycles. The zero-order valence-electron chi connectivity index (χ0n) is 15.3. The molecule has 148 valence electrons. The van der Waals surface area contributed by atoms with E-state index in [1.807, 2.05) is 13.8 Å². The van der Waals surface area contributed by atoms with Crippen LogP contribution in [-0.4, -0.2) is 43.9 Å². The summed E-state index contributed by atoms with van der Waals surface area (Å²) in [7, 11) is -3.91. The van der Waals surface area contributed by atoms with Crippen molar-refractivity contribution in [2.75, 3.05) is 18.4 Å². The second-order valence-corrected chi connectivity index (χ2v) is 9.22. The number of nitrogens with zero attached hydrogens (tertiary/aromatic N) is 1. The molecule has 0 bridgehead atoms. The Hall–Kier alpha value is -2.13. The van der Waals surface area contributed by atoms with Crippen LogP contribution in [0.5, 0.6) is 11.5 Å². The number of amides is 1. The second kappa shape index (κ2) is 7.04. The summed E-state index contributed by atoms with van der Waals surface area (Å²) < 4.78 is 39.2. The summed E-state index contributed by atoms with van der Waals surface area (Å²) in [5, 5.41) is 2.73. The summed E-state index contributed by atoms with van der Waals surface area (Å²) in [4.78, 5) is 12.6. The molecular formula is C19H19ClN2O5S. The van der Waals surface area contributed by atoms with Gasteiger partial charge in [0.2, 0.25) is 10.0 Å². The zero-order valence-corrected chi connectivity index (χ0v) is 16.9. The summed E-state index contributed by atoms with van der Waals surface area (Å²) in [6.45, 7) is 4.06. The van der Waals surface area contributed by atoms with Crippen molar-refractivity contribution in [3.63, 3.8) is 0 Å². The molecule has 2 aromatic rings. The van der Waals surface area contributed by atoms with E-state index in [2.05, 4.69) is 5.32 Å². The van der Waals surface area contributed by atoms with Gasteiger partial charge in [-0.05, 0) is 32.0 Å². The van der Waals surface area contributed by atoms with Crippen LogP contribution in [-0.2, 0) is 14.8 Å². The van der Waals surface area contributed by atoms with Crippen LogP contribution in [0.25, 0.3) is 0 Å². The van der Waals surface area contributed by atoms with Crippen LogP contribution in [0.4, 0.5) is 5.69 Å². The smallest absolute Gasteiger partial charge is 0.259 e. The molecule has 2 aromatic carbocycles. The molecule has 0 unspecified atom stereocenters. The molecule has 2 aliphatic heterocycles. The fourth-order valence-electron chi connectivity index (χ4n) is 3.43. The number of sulfonamides is 1. The van der Waals surface area contributed by atoms with Gasteiger partial charge in [-0.2, -0.15) is 4.31 Å². The van der Waals surface area contributed by atoms with Crippen molar-refractivity contribution in [3.8, 4) is 11.5 Å². The molecule has 9 heteroatoms. The van der Waals surface area contributed by atoms with E-state index in [-0.39, 0.29) is 46.5 Å². The number of carbonyl (C=O) groups is 1. The van der Waals surface area contributed by atoms with Crippen molar-refractivity contribution in [2.45, 2.75) is 31.0 Å². The lowest BCUT2D eigenvalue weighted by molar-refractivity contribution is -0.0440. The van der Waals surface area contributed by atoms with Crippen LogP contribution < -0.4 is 10.1 Å². The van der Waals surface area contributed by atoms with E-state index in [9.17, 15) is 13.2 Å². The van der Waals surface area contributed by atoms with Gasteiger partial charge < -0.3 is 14.8 Å². The van der Waals surface area contributed by atoms with Gasteiger partial charge in [0.05, 0.1) is 28.5 Å². The second-order valence-electron chi connectivity index (χ2n) is 6.91. The molecule has 4 rings (SSSR count). The third-order valence-electron chi connectivity index (χ3n) is 4.64. The molecule has 1 fully saturated rings. The van der Waals surface area contributed by atoms with Gasteiger partial charge in [0.25, 0.3) is 5.91 Å². The lowest BCUT2D eigenvalue weighted by Gasteiger charge is -2.34. The highest BCUT2D eigenvalue weighted by Gasteiger charge is 2.35. The number of hydrogen-bond donors (Lipinski definition) is 1. The Bertz CT molecular complexity index is 1050. The minimum Gasteiger partial charge on any atom is -0.454 e. The first-order chi connectivity index (χ1) is 13.3. The average molecular weight is 423 g/mol. The fourth-order valence-corrected chi connectivity index (χ4v) is 5.54. The van der Waals surface area contributed by atoms with Crippen molar-refractivity contribution < 1.29 is 22.7 Å². The third kappa shape index (κ3) is 3.37. The lowest BCUT2D eigenvalue weighted by atomic mass is 10.2. The number of benzene rings is 2. The number of halogens is 1. The van der Waals surface area contributed by atoms with Crippen LogP contribution in [0.1, 0.15) is 24.2 Å². The maximum absolute atomic E-state index is 13.2. The molecule has 0 saturated carbocycles. The van der Waals surface area contributed by atoms with Gasteiger partial charge in [-0.15, -0.1) is 0 Å². The summed E-state index contributed by atoms with van der Waals surface area (Å²) in [6, 6.07) is 9.60. The third-order valence-corrected chi connectivity index (χ3v) is 6.93. The topological polar surface area (TPSA) is 84.9 Å². The summed E-state index contributed by atoms with van der Waals surface area (Å²) in [5.74, 6) is 0.198. The molecular weight excluding hydrogens is 404 g/mol. The van der Waals surface area contributed by atoms with Crippen molar-refractivity contribution in [3.05, 3.63) is 47.0 Å². The van der Waals surface area contributed by atoms with Gasteiger partial charge in [-0.25, -0.2) is 8.42 Å². The molecule has 1 N–H and O–H groups in total. The Morgan fingerprint density at radius 2 is 1.79 bits per heavy atom. The van der Waals surface area contributed by atoms with Gasteiger partial charge in [0, 0.05) is 19.2 Å². The van der Waals surface area contributed by atoms with E-state index in [1.165, 1.54) is 16.4 Å². The Labute approximate surface area is 168 Å². The maximum Gasteiger partial charge on any atom is 0.259 e. The van der Waals surface area contributed by atoms with E-state index < -0.39 is 15.9 Å². The standard InChI is InChI=1S/C19H19ClN2O5S/c1-11-9-22(10-12(2)26-11)28(24,25)18-7-13-17(8-14(18)20)27-16-6-4-3-5-15(16)21-19(13)23/h3-8,11-12H,9-10H2,1-2H3,(H,21,23)/t11-,12-/m0/s1. The molecule has 2 atom stereocenters. The number of hydrogen-bond acceptors (Lipinski definition) is 5. The van der Waals surface area contributed by atoms with Gasteiger partial charge in [0.15, 0.2) is 5.75 Å².